The molecule has 156 valence electrons. The molecule has 2 bridgehead atoms. The zero-order valence-corrected chi connectivity index (χ0v) is 16.6. The molecule has 3 saturated carbocycles. The minimum absolute atomic E-state index is 0.00396. The number of hydrogen-bond acceptors (Lipinski definition) is 5. The molecule has 0 spiro atoms. The third-order valence-electron chi connectivity index (χ3n) is 6.85. The Morgan fingerprint density at radius 2 is 1.93 bits per heavy atom. The molecule has 8 heteroatoms. The number of aromatic nitrogens is 4. The Bertz CT molecular complexity index is 1110. The van der Waals surface area contributed by atoms with Crippen molar-refractivity contribution in [2.75, 3.05) is 7.11 Å². The Hall–Kier alpha value is -2.90. The molecule has 0 saturated heterocycles. The minimum atomic E-state index is -0.493. The quantitative estimate of drug-likeness (QED) is 0.654. The van der Waals surface area contributed by atoms with Gasteiger partial charge < -0.3 is 9.72 Å². The van der Waals surface area contributed by atoms with Crippen molar-refractivity contribution in [1.82, 2.24) is 19.9 Å². The van der Waals surface area contributed by atoms with Crippen LogP contribution in [0, 0.1) is 35.3 Å². The molecule has 3 aliphatic rings. The van der Waals surface area contributed by atoms with Crippen LogP contribution in [-0.4, -0.2) is 33.0 Å². The summed E-state index contributed by atoms with van der Waals surface area (Å²) in [5.41, 5.74) is 1.36. The van der Waals surface area contributed by atoms with Gasteiger partial charge in [0.15, 0.2) is 11.6 Å². The molecular formula is C22H22F2N4O2. The number of pyridine rings is 1. The molecule has 6 rings (SSSR count). The highest BCUT2D eigenvalue weighted by Crippen LogP contribution is 2.50. The summed E-state index contributed by atoms with van der Waals surface area (Å²) in [6.45, 7) is 0. The van der Waals surface area contributed by atoms with Gasteiger partial charge in [0.25, 0.3) is 0 Å². The second kappa shape index (κ2) is 7.41. The Kier molecular flexibility index (Phi) is 4.72. The lowest BCUT2D eigenvalue weighted by molar-refractivity contribution is -0.156. The summed E-state index contributed by atoms with van der Waals surface area (Å²) >= 11 is 0. The molecule has 0 radical (unpaired) electrons. The molecule has 3 aromatic rings. The summed E-state index contributed by atoms with van der Waals surface area (Å²) in [4.78, 5) is 28.1. The average molecular weight is 412 g/mol. The van der Waals surface area contributed by atoms with E-state index in [4.69, 9.17) is 4.74 Å². The topological polar surface area (TPSA) is 80.8 Å². The average Bonchev–Trinajstić information content (AvgIpc) is 3.18. The first kappa shape index (κ1) is 19.1. The highest BCUT2D eigenvalue weighted by atomic mass is 19.1. The van der Waals surface area contributed by atoms with E-state index in [0.29, 0.717) is 40.7 Å². The first-order valence-electron chi connectivity index (χ1n) is 10.3. The number of nitrogens with zero attached hydrogens (tertiary/aromatic N) is 3. The van der Waals surface area contributed by atoms with Gasteiger partial charge in [-0.25, -0.2) is 23.7 Å². The van der Waals surface area contributed by atoms with Gasteiger partial charge in [-0.2, -0.15) is 0 Å². The maximum Gasteiger partial charge on any atom is 0.309 e. The fourth-order valence-corrected chi connectivity index (χ4v) is 5.43. The summed E-state index contributed by atoms with van der Waals surface area (Å²) in [5.74, 6) is -0.417. The molecule has 30 heavy (non-hydrogen) atoms. The molecule has 0 aromatic carbocycles. The first-order chi connectivity index (χ1) is 14.5. The van der Waals surface area contributed by atoms with E-state index >= 15 is 0 Å². The molecule has 0 aliphatic heterocycles. The van der Waals surface area contributed by atoms with E-state index in [1.54, 1.807) is 6.20 Å². The van der Waals surface area contributed by atoms with Gasteiger partial charge in [-0.05, 0) is 55.9 Å². The van der Waals surface area contributed by atoms with E-state index < -0.39 is 11.6 Å². The predicted molar refractivity (Wildman–Crippen MR) is 105 cm³/mol. The second-order valence-electron chi connectivity index (χ2n) is 8.33. The van der Waals surface area contributed by atoms with Crippen LogP contribution in [-0.2, 0) is 16.0 Å². The highest BCUT2D eigenvalue weighted by Gasteiger charge is 2.47. The van der Waals surface area contributed by atoms with Crippen molar-refractivity contribution in [3.8, 4) is 11.4 Å². The van der Waals surface area contributed by atoms with Crippen LogP contribution in [0.15, 0.2) is 24.7 Å². The fraction of sp³-hybridized carbons (Fsp3) is 0.455. The van der Waals surface area contributed by atoms with Gasteiger partial charge in [-0.1, -0.05) is 0 Å². The van der Waals surface area contributed by atoms with Crippen LogP contribution in [0.5, 0.6) is 0 Å². The monoisotopic (exact) mass is 412 g/mol. The number of methoxy groups -OCH3 is 1. The van der Waals surface area contributed by atoms with Crippen molar-refractivity contribution in [3.05, 3.63) is 42.0 Å². The standard InChI is InChI=1S/C22H22F2N4O2/c1-30-22(29)19-12-4-2-11(3-5-12)14(19)7-18-17(24)10-27-21(28-18)16-9-26-20-15(16)6-13(23)8-25-20/h6,8-12,14,19H,2-5,7H2,1H3,(H,25,26)/t11?,12?,14-,19-/m1/s1. The summed E-state index contributed by atoms with van der Waals surface area (Å²) in [6.07, 6.45) is 8.43. The lowest BCUT2D eigenvalue weighted by atomic mass is 9.57. The van der Waals surface area contributed by atoms with Crippen LogP contribution in [0.4, 0.5) is 8.78 Å². The summed E-state index contributed by atoms with van der Waals surface area (Å²) in [6, 6.07) is 1.36. The van der Waals surface area contributed by atoms with Crippen molar-refractivity contribution in [1.29, 1.82) is 0 Å². The molecule has 0 amide bonds. The number of fused-ring (bicyclic) bond motifs is 4. The number of esters is 1. The zero-order chi connectivity index (χ0) is 20.8. The second-order valence-corrected chi connectivity index (χ2v) is 8.33. The van der Waals surface area contributed by atoms with E-state index in [2.05, 4.69) is 19.9 Å². The number of halogens is 2. The van der Waals surface area contributed by atoms with Crippen molar-refractivity contribution in [3.63, 3.8) is 0 Å². The number of hydrogen-bond donors (Lipinski definition) is 1. The van der Waals surface area contributed by atoms with Gasteiger partial charge >= 0.3 is 5.97 Å². The van der Waals surface area contributed by atoms with E-state index in [9.17, 15) is 13.6 Å². The van der Waals surface area contributed by atoms with Gasteiger partial charge in [-0.15, -0.1) is 0 Å². The lowest BCUT2D eigenvalue weighted by Gasteiger charge is -2.47. The summed E-state index contributed by atoms with van der Waals surface area (Å²) in [7, 11) is 1.41. The molecular weight excluding hydrogens is 390 g/mol. The van der Waals surface area contributed by atoms with Gasteiger partial charge in [0.05, 0.1) is 31.1 Å². The molecule has 2 atom stereocenters. The Labute approximate surface area is 172 Å². The lowest BCUT2D eigenvalue weighted by Crippen LogP contribution is -2.45. The number of aromatic amines is 1. The van der Waals surface area contributed by atoms with E-state index in [-0.39, 0.29) is 23.5 Å². The fourth-order valence-electron chi connectivity index (χ4n) is 5.43. The third kappa shape index (κ3) is 3.14. The Morgan fingerprint density at radius 3 is 2.70 bits per heavy atom. The molecule has 1 N–H and O–H groups in total. The molecule has 3 aliphatic carbocycles. The van der Waals surface area contributed by atoms with E-state index in [0.717, 1.165) is 38.1 Å². The number of carbonyl (C=O) groups excluding carboxylic acids is 1. The smallest absolute Gasteiger partial charge is 0.309 e. The van der Waals surface area contributed by atoms with Crippen molar-refractivity contribution in [2.24, 2.45) is 23.7 Å². The Morgan fingerprint density at radius 1 is 1.17 bits per heavy atom. The summed E-state index contributed by atoms with van der Waals surface area (Å²) in [5, 5.41) is 0.539. The van der Waals surface area contributed by atoms with Crippen LogP contribution in [0.2, 0.25) is 0 Å². The van der Waals surface area contributed by atoms with E-state index in [1.165, 1.54) is 13.2 Å². The van der Waals surface area contributed by atoms with Gasteiger partial charge in [0.1, 0.15) is 11.5 Å². The first-order valence-corrected chi connectivity index (χ1v) is 10.3. The molecule has 6 nitrogen and oxygen atoms in total. The Balaban J connectivity index is 1.50. The van der Waals surface area contributed by atoms with Crippen LogP contribution in [0.3, 0.4) is 0 Å². The normalized spacial score (nSPS) is 25.6. The van der Waals surface area contributed by atoms with Gasteiger partial charge in [0.2, 0.25) is 0 Å². The number of H-pyrrole nitrogens is 1. The number of rotatable bonds is 4. The molecule has 3 fully saturated rings. The van der Waals surface area contributed by atoms with Gasteiger partial charge in [0, 0.05) is 17.1 Å². The van der Waals surface area contributed by atoms with Crippen molar-refractivity contribution >= 4 is 17.0 Å². The molecule has 3 heterocycles. The summed E-state index contributed by atoms with van der Waals surface area (Å²) < 4.78 is 33.4. The predicted octanol–water partition coefficient (Wildman–Crippen LogP) is 4.07. The van der Waals surface area contributed by atoms with Crippen LogP contribution < -0.4 is 0 Å². The molecule has 0 unspecified atom stereocenters. The van der Waals surface area contributed by atoms with Crippen molar-refractivity contribution < 1.29 is 18.3 Å². The van der Waals surface area contributed by atoms with Crippen LogP contribution >= 0.6 is 0 Å². The van der Waals surface area contributed by atoms with Gasteiger partial charge in [-0.3, -0.25) is 4.79 Å². The van der Waals surface area contributed by atoms with Crippen molar-refractivity contribution in [2.45, 2.75) is 32.1 Å². The highest BCUT2D eigenvalue weighted by molar-refractivity contribution is 5.91. The van der Waals surface area contributed by atoms with Crippen LogP contribution in [0.1, 0.15) is 31.4 Å². The SMILES string of the molecule is COC(=O)[C@@H]1C2CCC(CC2)[C@H]1Cc1nc(-c2c[nH]c3ncc(F)cc23)ncc1F. The maximum atomic E-state index is 14.7. The number of nitrogens with one attached hydrogen (secondary N) is 1. The van der Waals surface area contributed by atoms with E-state index in [1.807, 2.05) is 0 Å². The number of ether oxygens (including phenoxy) is 1. The zero-order valence-electron chi connectivity index (χ0n) is 16.6. The minimum Gasteiger partial charge on any atom is -0.469 e. The maximum absolute atomic E-state index is 14.7. The number of carbonyl (C=O) groups is 1. The van der Waals surface area contributed by atoms with Crippen LogP contribution in [0.25, 0.3) is 22.4 Å². The largest absolute Gasteiger partial charge is 0.469 e. The third-order valence-corrected chi connectivity index (χ3v) is 6.85. The molecule has 3 aromatic heterocycles.